The summed E-state index contributed by atoms with van der Waals surface area (Å²) in [6, 6.07) is 7.71. The van der Waals surface area contributed by atoms with Crippen LogP contribution in [-0.2, 0) is 9.84 Å². The number of sulfone groups is 1. The highest BCUT2D eigenvalue weighted by Crippen LogP contribution is 2.26. The molecular formula is C15H12N2O4S. The van der Waals surface area contributed by atoms with E-state index in [0.717, 1.165) is 17.7 Å². The molecule has 7 heteroatoms. The standard InChI is InChI=1S/C15H12N2O4S/c1-22(20,21)13-6-10(5-11(7-13)15(18)19)12-4-9-2-3-16-14(9)17-8-12/h2-8H,1H3,(H,16,17)(H,18,19). The Morgan fingerprint density at radius 1 is 1.18 bits per heavy atom. The normalized spacial score (nSPS) is 11.7. The number of benzene rings is 1. The second kappa shape index (κ2) is 4.96. The molecule has 6 nitrogen and oxygen atoms in total. The molecule has 0 radical (unpaired) electrons. The first-order chi connectivity index (χ1) is 10.3. The molecule has 2 aromatic heterocycles. The maximum absolute atomic E-state index is 11.7. The molecule has 0 saturated heterocycles. The Balaban J connectivity index is 2.24. The number of H-pyrrole nitrogens is 1. The highest BCUT2D eigenvalue weighted by atomic mass is 32.2. The van der Waals surface area contributed by atoms with Crippen LogP contribution in [-0.4, -0.2) is 35.7 Å². The predicted molar refractivity (Wildman–Crippen MR) is 81.6 cm³/mol. The molecule has 0 amide bonds. The van der Waals surface area contributed by atoms with Gasteiger partial charge in [0.2, 0.25) is 0 Å². The van der Waals surface area contributed by atoms with Crippen molar-refractivity contribution < 1.29 is 18.3 Å². The van der Waals surface area contributed by atoms with Crippen LogP contribution in [0.25, 0.3) is 22.2 Å². The molecule has 2 heterocycles. The van der Waals surface area contributed by atoms with Crippen molar-refractivity contribution in [3.8, 4) is 11.1 Å². The van der Waals surface area contributed by atoms with E-state index >= 15 is 0 Å². The van der Waals surface area contributed by atoms with Crippen molar-refractivity contribution in [3.63, 3.8) is 0 Å². The van der Waals surface area contributed by atoms with E-state index in [-0.39, 0.29) is 10.5 Å². The predicted octanol–water partition coefficient (Wildman–Crippen LogP) is 2.33. The summed E-state index contributed by atoms with van der Waals surface area (Å²) in [5.74, 6) is -1.18. The van der Waals surface area contributed by atoms with Crippen molar-refractivity contribution in [1.29, 1.82) is 0 Å². The Bertz CT molecular complexity index is 990. The molecule has 0 aliphatic heterocycles. The van der Waals surface area contributed by atoms with Crippen LogP contribution in [0.3, 0.4) is 0 Å². The number of carboxylic acids is 1. The van der Waals surface area contributed by atoms with Crippen LogP contribution in [0.15, 0.2) is 47.6 Å². The van der Waals surface area contributed by atoms with Crippen molar-refractivity contribution in [2.75, 3.05) is 6.26 Å². The lowest BCUT2D eigenvalue weighted by molar-refractivity contribution is 0.0696. The summed E-state index contributed by atoms with van der Waals surface area (Å²) in [7, 11) is -3.51. The summed E-state index contributed by atoms with van der Waals surface area (Å²) in [6.07, 6.45) is 4.37. The monoisotopic (exact) mass is 316 g/mol. The van der Waals surface area contributed by atoms with Gasteiger partial charge in [-0.25, -0.2) is 18.2 Å². The molecule has 22 heavy (non-hydrogen) atoms. The third-order valence-corrected chi connectivity index (χ3v) is 4.41. The van der Waals surface area contributed by atoms with Crippen molar-refractivity contribution in [3.05, 3.63) is 48.3 Å². The molecule has 0 bridgehead atoms. The topological polar surface area (TPSA) is 100 Å². The maximum atomic E-state index is 11.7. The molecule has 0 unspecified atom stereocenters. The molecule has 112 valence electrons. The van der Waals surface area contributed by atoms with Gasteiger partial charge >= 0.3 is 5.97 Å². The van der Waals surface area contributed by atoms with Crippen molar-refractivity contribution in [2.24, 2.45) is 0 Å². The minimum atomic E-state index is -3.51. The first kappa shape index (κ1) is 14.3. The second-order valence-electron chi connectivity index (χ2n) is 4.96. The Kier molecular flexibility index (Phi) is 3.22. The highest BCUT2D eigenvalue weighted by Gasteiger charge is 2.15. The van der Waals surface area contributed by atoms with Crippen LogP contribution in [0.2, 0.25) is 0 Å². The van der Waals surface area contributed by atoms with Gasteiger partial charge < -0.3 is 10.1 Å². The molecule has 1 aromatic carbocycles. The van der Waals surface area contributed by atoms with E-state index in [1.54, 1.807) is 12.4 Å². The van der Waals surface area contributed by atoms with Crippen molar-refractivity contribution >= 4 is 26.8 Å². The fourth-order valence-electron chi connectivity index (χ4n) is 2.20. The minimum Gasteiger partial charge on any atom is -0.478 e. The van der Waals surface area contributed by atoms with Gasteiger partial charge in [0.05, 0.1) is 10.5 Å². The average Bonchev–Trinajstić information content (AvgIpc) is 2.93. The largest absolute Gasteiger partial charge is 0.478 e. The summed E-state index contributed by atoms with van der Waals surface area (Å²) >= 11 is 0. The van der Waals surface area contributed by atoms with E-state index in [1.165, 1.54) is 12.1 Å². The quantitative estimate of drug-likeness (QED) is 0.772. The maximum Gasteiger partial charge on any atom is 0.335 e. The zero-order valence-corrected chi connectivity index (χ0v) is 12.4. The third-order valence-electron chi connectivity index (χ3n) is 3.32. The summed E-state index contributed by atoms with van der Waals surface area (Å²) < 4.78 is 23.5. The third kappa shape index (κ3) is 2.58. The number of pyridine rings is 1. The number of aromatic nitrogens is 2. The molecule has 0 saturated carbocycles. The molecule has 2 N–H and O–H groups in total. The number of nitrogens with zero attached hydrogens (tertiary/aromatic N) is 1. The Morgan fingerprint density at radius 2 is 1.95 bits per heavy atom. The lowest BCUT2D eigenvalue weighted by atomic mass is 10.0. The summed E-state index contributed by atoms with van der Waals surface area (Å²) in [5.41, 5.74) is 1.78. The highest BCUT2D eigenvalue weighted by molar-refractivity contribution is 7.90. The molecule has 3 aromatic rings. The van der Waals surface area contributed by atoms with Gasteiger partial charge in [-0.05, 0) is 35.9 Å². The minimum absolute atomic E-state index is 0.0310. The smallest absolute Gasteiger partial charge is 0.335 e. The van der Waals surface area contributed by atoms with E-state index in [4.69, 9.17) is 5.11 Å². The SMILES string of the molecule is CS(=O)(=O)c1cc(C(=O)O)cc(-c2cnc3[nH]ccc3c2)c1. The zero-order valence-electron chi connectivity index (χ0n) is 11.6. The molecule has 0 fully saturated rings. The number of hydrogen-bond acceptors (Lipinski definition) is 4. The number of aromatic amines is 1. The number of hydrogen-bond donors (Lipinski definition) is 2. The van der Waals surface area contributed by atoms with Crippen LogP contribution in [0, 0.1) is 0 Å². The van der Waals surface area contributed by atoms with E-state index in [2.05, 4.69) is 9.97 Å². The molecule has 0 aliphatic rings. The second-order valence-corrected chi connectivity index (χ2v) is 6.98. The summed E-state index contributed by atoms with van der Waals surface area (Å²) in [6.45, 7) is 0. The zero-order chi connectivity index (χ0) is 15.9. The molecule has 0 spiro atoms. The van der Waals surface area contributed by atoms with Crippen LogP contribution in [0.1, 0.15) is 10.4 Å². The summed E-state index contributed by atoms with van der Waals surface area (Å²) in [4.78, 5) is 18.4. The average molecular weight is 316 g/mol. The summed E-state index contributed by atoms with van der Waals surface area (Å²) in [5, 5.41) is 10.0. The Labute approximate surface area is 126 Å². The number of fused-ring (bicyclic) bond motifs is 1. The van der Waals surface area contributed by atoms with Crippen LogP contribution in [0.4, 0.5) is 0 Å². The Hall–Kier alpha value is -2.67. The van der Waals surface area contributed by atoms with E-state index < -0.39 is 15.8 Å². The molecule has 0 atom stereocenters. The number of carboxylic acid groups (broad SMARTS) is 1. The fraction of sp³-hybridized carbons (Fsp3) is 0.0667. The van der Waals surface area contributed by atoms with Crippen molar-refractivity contribution in [1.82, 2.24) is 9.97 Å². The van der Waals surface area contributed by atoms with Gasteiger partial charge in [0.15, 0.2) is 9.84 Å². The van der Waals surface area contributed by atoms with Crippen LogP contribution < -0.4 is 0 Å². The first-order valence-electron chi connectivity index (χ1n) is 6.36. The Morgan fingerprint density at radius 3 is 2.64 bits per heavy atom. The van der Waals surface area contributed by atoms with Gasteiger partial charge in [-0.15, -0.1) is 0 Å². The van der Waals surface area contributed by atoms with E-state index in [0.29, 0.717) is 16.8 Å². The van der Waals surface area contributed by atoms with Gasteiger partial charge in [-0.2, -0.15) is 0 Å². The van der Waals surface area contributed by atoms with Gasteiger partial charge in [0, 0.05) is 29.6 Å². The molecule has 3 rings (SSSR count). The van der Waals surface area contributed by atoms with Gasteiger partial charge in [0.25, 0.3) is 0 Å². The van der Waals surface area contributed by atoms with Crippen LogP contribution in [0.5, 0.6) is 0 Å². The lowest BCUT2D eigenvalue weighted by Gasteiger charge is -2.07. The lowest BCUT2D eigenvalue weighted by Crippen LogP contribution is -2.03. The molecule has 0 aliphatic carbocycles. The van der Waals surface area contributed by atoms with Gasteiger partial charge in [0.1, 0.15) is 5.65 Å². The van der Waals surface area contributed by atoms with E-state index in [1.807, 2.05) is 12.1 Å². The fourth-order valence-corrected chi connectivity index (χ4v) is 2.88. The first-order valence-corrected chi connectivity index (χ1v) is 8.26. The number of aromatic carboxylic acids is 1. The van der Waals surface area contributed by atoms with E-state index in [9.17, 15) is 13.2 Å². The number of carbonyl (C=O) groups is 1. The van der Waals surface area contributed by atoms with Gasteiger partial charge in [-0.3, -0.25) is 0 Å². The number of rotatable bonds is 3. The van der Waals surface area contributed by atoms with Crippen LogP contribution >= 0.6 is 0 Å². The molecular weight excluding hydrogens is 304 g/mol. The van der Waals surface area contributed by atoms with Gasteiger partial charge in [-0.1, -0.05) is 0 Å². The number of nitrogens with one attached hydrogen (secondary N) is 1. The van der Waals surface area contributed by atoms with Crippen molar-refractivity contribution in [2.45, 2.75) is 4.90 Å².